The SMILES string of the molecule is CC[C@@]1(O)C(=O)OCc2c1cc1n(c2=O)Cc2c-1nc1cc(F)c(NC(=O)CNC(=O)[C@H](Cc3ccccc3)NC(=O)CNC(=O)CNC(=O)CCCCCN3C(=O)C=CC3=O)c3c1c2CCO3. The lowest BCUT2D eigenvalue weighted by Crippen LogP contribution is -2.52. The molecule has 4 aliphatic rings. The Morgan fingerprint density at radius 3 is 2.32 bits per heavy atom. The summed E-state index contributed by atoms with van der Waals surface area (Å²) in [6, 6.07) is 10.2. The van der Waals surface area contributed by atoms with E-state index < -0.39 is 78.2 Å². The highest BCUT2D eigenvalue weighted by Crippen LogP contribution is 2.46. The highest BCUT2D eigenvalue weighted by Gasteiger charge is 2.46. The number of unbranched alkanes of at least 4 members (excludes halogenated alkanes) is 2. The molecule has 4 aromatic rings. The van der Waals surface area contributed by atoms with Crippen LogP contribution in [-0.2, 0) is 74.7 Å². The molecule has 20 nitrogen and oxygen atoms in total. The molecule has 0 saturated carbocycles. The first kappa shape index (κ1) is 46.7. The number of carbonyl (C=O) groups is 8. The van der Waals surface area contributed by atoms with Gasteiger partial charge in [0.25, 0.3) is 17.4 Å². The van der Waals surface area contributed by atoms with Gasteiger partial charge in [0.2, 0.25) is 29.5 Å². The van der Waals surface area contributed by atoms with Crippen LogP contribution in [0.15, 0.2) is 59.4 Å². The van der Waals surface area contributed by atoms with Crippen molar-refractivity contribution in [3.8, 4) is 17.1 Å². The van der Waals surface area contributed by atoms with Crippen LogP contribution in [0, 0.1) is 5.82 Å². The van der Waals surface area contributed by atoms with Crippen LogP contribution in [0.1, 0.15) is 66.8 Å². The maximum absolute atomic E-state index is 16.0. The van der Waals surface area contributed by atoms with Crippen molar-refractivity contribution in [3.05, 3.63) is 98.6 Å². The Morgan fingerprint density at radius 1 is 0.853 bits per heavy atom. The van der Waals surface area contributed by atoms with E-state index in [-0.39, 0.29) is 85.5 Å². The van der Waals surface area contributed by atoms with E-state index in [1.165, 1.54) is 16.7 Å². The summed E-state index contributed by atoms with van der Waals surface area (Å²) in [4.78, 5) is 120. The minimum atomic E-state index is -2.03. The topological polar surface area (TPSA) is 274 Å². The summed E-state index contributed by atoms with van der Waals surface area (Å²) in [6.07, 6.45) is 4.39. The zero-order chi connectivity index (χ0) is 48.3. The van der Waals surface area contributed by atoms with Gasteiger partial charge in [-0.25, -0.2) is 14.2 Å². The summed E-state index contributed by atoms with van der Waals surface area (Å²) in [7, 11) is 0. The molecule has 0 radical (unpaired) electrons. The second-order valence-corrected chi connectivity index (χ2v) is 16.7. The molecule has 0 bridgehead atoms. The fourth-order valence-electron chi connectivity index (χ4n) is 8.73. The van der Waals surface area contributed by atoms with Crippen molar-refractivity contribution in [2.24, 2.45) is 0 Å². The quantitative estimate of drug-likeness (QED) is 0.0401. The number of benzene rings is 2. The van der Waals surface area contributed by atoms with Gasteiger partial charge >= 0.3 is 5.97 Å². The first-order valence-electron chi connectivity index (χ1n) is 22.1. The van der Waals surface area contributed by atoms with E-state index in [1.807, 2.05) is 0 Å². The number of ether oxygens (including phenoxy) is 2. The lowest BCUT2D eigenvalue weighted by atomic mass is 9.86. The minimum absolute atomic E-state index is 0.00690. The van der Waals surface area contributed by atoms with Crippen LogP contribution in [0.5, 0.6) is 5.75 Å². The van der Waals surface area contributed by atoms with E-state index in [0.717, 1.165) is 11.0 Å². The number of nitrogens with one attached hydrogen (secondary N) is 5. The molecule has 354 valence electrons. The number of aliphatic hydroxyl groups is 1. The summed E-state index contributed by atoms with van der Waals surface area (Å²) >= 11 is 0. The van der Waals surface area contributed by atoms with Gasteiger partial charge < -0.3 is 45.7 Å². The fourth-order valence-corrected chi connectivity index (χ4v) is 8.73. The largest absolute Gasteiger partial charge is 0.490 e. The molecular formula is C47H47FN8O12. The highest BCUT2D eigenvalue weighted by molar-refractivity contribution is 6.13. The smallest absolute Gasteiger partial charge is 0.343 e. The summed E-state index contributed by atoms with van der Waals surface area (Å²) in [5, 5.41) is 24.1. The number of nitrogens with zero attached hydrogens (tertiary/aromatic N) is 3. The van der Waals surface area contributed by atoms with Crippen molar-refractivity contribution >= 4 is 63.9 Å². The van der Waals surface area contributed by atoms with Gasteiger partial charge in [-0.1, -0.05) is 43.7 Å². The average Bonchev–Trinajstić information content (AvgIpc) is 3.87. The molecule has 2 atom stereocenters. The van der Waals surface area contributed by atoms with E-state index in [9.17, 15) is 48.3 Å². The van der Waals surface area contributed by atoms with Crippen LogP contribution in [0.2, 0.25) is 0 Å². The maximum Gasteiger partial charge on any atom is 0.343 e. The number of rotatable bonds is 18. The summed E-state index contributed by atoms with van der Waals surface area (Å²) in [6.45, 7) is 0.142. The number of hydrogen-bond donors (Lipinski definition) is 6. The molecule has 0 saturated heterocycles. The van der Waals surface area contributed by atoms with E-state index in [2.05, 4.69) is 26.6 Å². The summed E-state index contributed by atoms with van der Waals surface area (Å²) in [5.74, 6) is -5.87. The predicted molar refractivity (Wildman–Crippen MR) is 238 cm³/mol. The van der Waals surface area contributed by atoms with E-state index in [1.54, 1.807) is 43.3 Å². The van der Waals surface area contributed by atoms with Gasteiger partial charge in [0.15, 0.2) is 17.2 Å². The normalized spacial score (nSPS) is 16.8. The first-order chi connectivity index (χ1) is 32.7. The monoisotopic (exact) mass is 934 g/mol. The molecule has 0 aliphatic carbocycles. The van der Waals surface area contributed by atoms with Crippen molar-refractivity contribution in [1.29, 1.82) is 0 Å². The number of aromatic nitrogens is 2. The lowest BCUT2D eigenvalue weighted by Gasteiger charge is -2.31. The number of fused-ring (bicyclic) bond motifs is 5. The number of amides is 7. The van der Waals surface area contributed by atoms with Crippen molar-refractivity contribution in [3.63, 3.8) is 0 Å². The maximum atomic E-state index is 16.0. The van der Waals surface area contributed by atoms with Crippen LogP contribution in [0.4, 0.5) is 10.1 Å². The Labute approximate surface area is 386 Å². The molecule has 21 heteroatoms. The first-order valence-corrected chi connectivity index (χ1v) is 22.1. The Morgan fingerprint density at radius 2 is 1.57 bits per heavy atom. The van der Waals surface area contributed by atoms with E-state index in [4.69, 9.17) is 14.5 Å². The van der Waals surface area contributed by atoms with Crippen LogP contribution in [-0.4, -0.2) is 106 Å². The van der Waals surface area contributed by atoms with Gasteiger partial charge in [-0.15, -0.1) is 0 Å². The van der Waals surface area contributed by atoms with Crippen LogP contribution >= 0.6 is 0 Å². The Balaban J connectivity index is 0.874. The van der Waals surface area contributed by atoms with Gasteiger partial charge in [0, 0.05) is 60.5 Å². The van der Waals surface area contributed by atoms with Gasteiger partial charge in [0.05, 0.1) is 55.3 Å². The zero-order valence-electron chi connectivity index (χ0n) is 36.8. The van der Waals surface area contributed by atoms with Crippen molar-refractivity contribution in [1.82, 2.24) is 35.7 Å². The summed E-state index contributed by atoms with van der Waals surface area (Å²) < 4.78 is 28.6. The lowest BCUT2D eigenvalue weighted by molar-refractivity contribution is -0.172. The number of halogens is 1. The number of pyridine rings is 2. The molecule has 7 amide bonds. The van der Waals surface area contributed by atoms with Gasteiger partial charge in [-0.3, -0.25) is 43.3 Å². The number of esters is 1. The number of hydrogen-bond acceptors (Lipinski definition) is 13. The number of carbonyl (C=O) groups excluding carboxylic acids is 8. The Bertz CT molecular complexity index is 2870. The third-order valence-corrected chi connectivity index (χ3v) is 12.3. The fraction of sp³-hybridized carbons (Fsp3) is 0.362. The number of imide groups is 1. The van der Waals surface area contributed by atoms with Crippen molar-refractivity contribution in [2.45, 2.75) is 76.7 Å². The Hall–Kier alpha value is -7.81. The molecule has 0 fully saturated rings. The minimum Gasteiger partial charge on any atom is -0.490 e. The number of cyclic esters (lactones) is 1. The molecule has 2 aromatic carbocycles. The van der Waals surface area contributed by atoms with Gasteiger partial charge in [-0.2, -0.15) is 0 Å². The van der Waals surface area contributed by atoms with Crippen LogP contribution < -0.4 is 36.9 Å². The molecular weight excluding hydrogens is 888 g/mol. The second kappa shape index (κ2) is 19.6. The zero-order valence-corrected chi connectivity index (χ0v) is 36.8. The molecule has 2 aromatic heterocycles. The molecule has 68 heavy (non-hydrogen) atoms. The molecule has 4 aliphatic heterocycles. The third-order valence-electron chi connectivity index (χ3n) is 12.3. The average molecular weight is 935 g/mol. The van der Waals surface area contributed by atoms with Crippen molar-refractivity contribution in [2.75, 3.05) is 38.1 Å². The molecule has 0 spiro atoms. The second-order valence-electron chi connectivity index (χ2n) is 16.7. The predicted octanol–water partition coefficient (Wildman–Crippen LogP) is 0.654. The standard InChI is InChI=1S/C47H47FN8O12/c1-2-47(66)29-18-33-41-27(23-56(33)45(64)28(29)24-68-46(47)65)26-14-16-67-43-40(26)31(53-41)19-30(48)42(43)54-37(60)22-51-44(63)32(17-25-9-5-3-6-10-25)52-36(59)21-50-35(58)20-49-34(57)11-7-4-8-15-55-38(61)12-13-39(55)62/h3,5-6,9-10,12-13,18-19,32,66H,2,4,7-8,11,14-17,20-24H2,1H3,(H,49,57)(H,50,58)(H,51,63)(H,52,59)(H,54,60)/t32-,47-/m0/s1. The molecule has 0 unspecified atom stereocenters. The van der Waals surface area contributed by atoms with Gasteiger partial charge in [-0.05, 0) is 36.5 Å². The summed E-state index contributed by atoms with van der Waals surface area (Å²) in [5.41, 5.74) is 0.474. The molecule has 6 heterocycles. The van der Waals surface area contributed by atoms with E-state index in [0.29, 0.717) is 59.1 Å². The van der Waals surface area contributed by atoms with Crippen molar-refractivity contribution < 1.29 is 57.3 Å². The molecule has 6 N–H and O–H groups in total. The third kappa shape index (κ3) is 9.41. The Kier molecular flexibility index (Phi) is 13.4. The van der Waals surface area contributed by atoms with Crippen LogP contribution in [0.3, 0.4) is 0 Å². The highest BCUT2D eigenvalue weighted by atomic mass is 19.1. The molecule has 8 rings (SSSR count). The van der Waals surface area contributed by atoms with Crippen LogP contribution in [0.25, 0.3) is 22.3 Å². The van der Waals surface area contributed by atoms with Gasteiger partial charge in [0.1, 0.15) is 18.3 Å². The number of anilines is 1. The van der Waals surface area contributed by atoms with E-state index >= 15 is 4.39 Å².